The molecule has 0 saturated heterocycles. The number of hydrogen-bond acceptors (Lipinski definition) is 3. The highest BCUT2D eigenvalue weighted by molar-refractivity contribution is 6.31. The average molecular weight is 205 g/mol. The number of aliphatic hydroxyl groups is 1. The highest BCUT2D eigenvalue weighted by Gasteiger charge is 2.08. The Hall–Kier alpha value is -1.26. The van der Waals surface area contributed by atoms with Crippen molar-refractivity contribution < 1.29 is 20.1 Å². The number of benzene rings is 1. The number of aromatic carboxylic acids is 1. The minimum absolute atomic E-state index is 0.183. The zero-order valence-corrected chi connectivity index (χ0v) is 7.62. The quantitative estimate of drug-likeness (QED) is 0.645. The van der Waals surface area contributed by atoms with Crippen LogP contribution in [0.1, 0.15) is 10.4 Å². The Bertz CT molecular complexity index is 298. The Labute approximate surface area is 80.0 Å². The van der Waals surface area contributed by atoms with Crippen LogP contribution in [0, 0.1) is 0 Å². The van der Waals surface area contributed by atoms with Crippen LogP contribution in [0.5, 0.6) is 5.75 Å². The van der Waals surface area contributed by atoms with Crippen molar-refractivity contribution in [2.24, 2.45) is 0 Å². The first kappa shape index (κ1) is 11.7. The van der Waals surface area contributed by atoms with Crippen LogP contribution in [-0.2, 0) is 0 Å². The SMILES string of the molecule is CO.O=C(O)c1cc(Cl)ccc1O. The van der Waals surface area contributed by atoms with Crippen molar-refractivity contribution in [3.8, 4) is 5.75 Å². The van der Waals surface area contributed by atoms with Gasteiger partial charge < -0.3 is 15.3 Å². The molecule has 0 amide bonds. The van der Waals surface area contributed by atoms with Gasteiger partial charge in [0.15, 0.2) is 0 Å². The van der Waals surface area contributed by atoms with Crippen LogP contribution in [0.25, 0.3) is 0 Å². The Morgan fingerprint density at radius 2 is 1.92 bits per heavy atom. The first-order chi connectivity index (χ1) is 6.11. The molecule has 0 aliphatic rings. The minimum atomic E-state index is -1.19. The molecule has 0 spiro atoms. The second-order valence-corrected chi connectivity index (χ2v) is 2.40. The Morgan fingerprint density at radius 1 is 1.38 bits per heavy atom. The molecule has 0 heterocycles. The van der Waals surface area contributed by atoms with Gasteiger partial charge in [-0.05, 0) is 18.2 Å². The third kappa shape index (κ3) is 3.31. The molecule has 3 N–H and O–H groups in total. The summed E-state index contributed by atoms with van der Waals surface area (Å²) in [4.78, 5) is 10.4. The van der Waals surface area contributed by atoms with Crippen LogP contribution in [-0.4, -0.2) is 28.4 Å². The van der Waals surface area contributed by atoms with E-state index in [2.05, 4.69) is 0 Å². The molecule has 0 fully saturated rings. The number of phenols is 1. The van der Waals surface area contributed by atoms with E-state index >= 15 is 0 Å². The van der Waals surface area contributed by atoms with Crippen LogP contribution < -0.4 is 0 Å². The van der Waals surface area contributed by atoms with Crippen molar-refractivity contribution in [2.75, 3.05) is 7.11 Å². The molecule has 1 aromatic rings. The second kappa shape index (κ2) is 5.40. The monoisotopic (exact) mass is 204 g/mol. The molecular formula is C8H9ClO4. The zero-order chi connectivity index (χ0) is 10.4. The van der Waals surface area contributed by atoms with Gasteiger partial charge in [-0.1, -0.05) is 11.6 Å². The normalized spacial score (nSPS) is 8.54. The molecule has 0 aromatic heterocycles. The second-order valence-electron chi connectivity index (χ2n) is 1.97. The molecule has 0 aliphatic carbocycles. The molecule has 4 nitrogen and oxygen atoms in total. The van der Waals surface area contributed by atoms with E-state index in [0.29, 0.717) is 5.02 Å². The van der Waals surface area contributed by atoms with Crippen molar-refractivity contribution in [1.82, 2.24) is 0 Å². The fourth-order valence-electron chi connectivity index (χ4n) is 0.680. The minimum Gasteiger partial charge on any atom is -0.507 e. The predicted octanol–water partition coefficient (Wildman–Crippen LogP) is 1.35. The molecular weight excluding hydrogens is 196 g/mol. The summed E-state index contributed by atoms with van der Waals surface area (Å²) in [5, 5.41) is 24.7. The molecule has 0 saturated carbocycles. The van der Waals surface area contributed by atoms with Gasteiger partial charge in [0.05, 0.1) is 0 Å². The summed E-state index contributed by atoms with van der Waals surface area (Å²) in [5.41, 5.74) is -0.183. The van der Waals surface area contributed by atoms with Gasteiger partial charge >= 0.3 is 5.97 Å². The largest absolute Gasteiger partial charge is 0.507 e. The van der Waals surface area contributed by atoms with E-state index in [1.165, 1.54) is 18.2 Å². The number of aliphatic hydroxyl groups excluding tert-OH is 1. The maximum absolute atomic E-state index is 10.4. The maximum atomic E-state index is 10.4. The first-order valence-corrected chi connectivity index (χ1v) is 3.65. The molecule has 1 aromatic carbocycles. The van der Waals surface area contributed by atoms with Gasteiger partial charge in [0.2, 0.25) is 0 Å². The van der Waals surface area contributed by atoms with Crippen molar-refractivity contribution in [2.45, 2.75) is 0 Å². The van der Waals surface area contributed by atoms with Crippen molar-refractivity contribution in [1.29, 1.82) is 0 Å². The van der Waals surface area contributed by atoms with E-state index in [1.54, 1.807) is 0 Å². The lowest BCUT2D eigenvalue weighted by molar-refractivity contribution is 0.0693. The predicted molar refractivity (Wildman–Crippen MR) is 48.2 cm³/mol. The Balaban J connectivity index is 0.000000671. The Morgan fingerprint density at radius 3 is 2.31 bits per heavy atom. The topological polar surface area (TPSA) is 77.8 Å². The fraction of sp³-hybridized carbons (Fsp3) is 0.125. The highest BCUT2D eigenvalue weighted by Crippen LogP contribution is 2.20. The van der Waals surface area contributed by atoms with E-state index in [0.717, 1.165) is 7.11 Å². The smallest absolute Gasteiger partial charge is 0.339 e. The average Bonchev–Trinajstić information content (AvgIpc) is 2.12. The summed E-state index contributed by atoms with van der Waals surface area (Å²) in [7, 11) is 1.00. The molecule has 0 atom stereocenters. The van der Waals surface area contributed by atoms with Crippen LogP contribution in [0.2, 0.25) is 5.02 Å². The first-order valence-electron chi connectivity index (χ1n) is 3.28. The molecule has 0 radical (unpaired) electrons. The number of carboxylic acids is 1. The summed E-state index contributed by atoms with van der Waals surface area (Å²) in [6.07, 6.45) is 0. The van der Waals surface area contributed by atoms with Gasteiger partial charge in [0, 0.05) is 12.1 Å². The van der Waals surface area contributed by atoms with E-state index in [1.807, 2.05) is 0 Å². The molecule has 13 heavy (non-hydrogen) atoms. The van der Waals surface area contributed by atoms with E-state index < -0.39 is 5.97 Å². The van der Waals surface area contributed by atoms with E-state index in [9.17, 15) is 4.79 Å². The van der Waals surface area contributed by atoms with Crippen molar-refractivity contribution >= 4 is 17.6 Å². The molecule has 5 heteroatoms. The van der Waals surface area contributed by atoms with Gasteiger partial charge in [0.1, 0.15) is 11.3 Å². The molecule has 72 valence electrons. The van der Waals surface area contributed by atoms with Gasteiger partial charge in [-0.25, -0.2) is 4.79 Å². The maximum Gasteiger partial charge on any atom is 0.339 e. The van der Waals surface area contributed by atoms with Crippen LogP contribution in [0.4, 0.5) is 0 Å². The lowest BCUT2D eigenvalue weighted by atomic mass is 10.2. The van der Waals surface area contributed by atoms with Gasteiger partial charge in [0.25, 0.3) is 0 Å². The summed E-state index contributed by atoms with van der Waals surface area (Å²) < 4.78 is 0. The van der Waals surface area contributed by atoms with Gasteiger partial charge in [-0.15, -0.1) is 0 Å². The standard InChI is InChI=1S/C7H5ClO3.CH4O/c8-4-1-2-6(9)5(3-4)7(10)11;1-2/h1-3,9H,(H,10,11);2H,1H3. The third-order valence-electron chi connectivity index (χ3n) is 1.19. The van der Waals surface area contributed by atoms with Crippen LogP contribution in [0.3, 0.4) is 0 Å². The van der Waals surface area contributed by atoms with Crippen LogP contribution in [0.15, 0.2) is 18.2 Å². The van der Waals surface area contributed by atoms with Gasteiger partial charge in [-0.2, -0.15) is 0 Å². The number of rotatable bonds is 1. The third-order valence-corrected chi connectivity index (χ3v) is 1.42. The molecule has 0 unspecified atom stereocenters. The van der Waals surface area contributed by atoms with E-state index in [4.69, 9.17) is 26.9 Å². The van der Waals surface area contributed by atoms with Crippen LogP contribution >= 0.6 is 11.6 Å². The number of carbonyl (C=O) groups is 1. The summed E-state index contributed by atoms with van der Waals surface area (Å²) in [6.45, 7) is 0. The molecule has 1 rings (SSSR count). The highest BCUT2D eigenvalue weighted by atomic mass is 35.5. The summed E-state index contributed by atoms with van der Waals surface area (Å²) in [5.74, 6) is -1.47. The lowest BCUT2D eigenvalue weighted by Crippen LogP contribution is -1.95. The fourth-order valence-corrected chi connectivity index (χ4v) is 0.852. The van der Waals surface area contributed by atoms with Gasteiger partial charge in [-0.3, -0.25) is 0 Å². The zero-order valence-electron chi connectivity index (χ0n) is 6.86. The summed E-state index contributed by atoms with van der Waals surface area (Å²) >= 11 is 5.49. The van der Waals surface area contributed by atoms with Crippen molar-refractivity contribution in [3.63, 3.8) is 0 Å². The number of hydrogen-bond donors (Lipinski definition) is 3. The number of carboxylic acid groups (broad SMARTS) is 1. The molecule has 0 aliphatic heterocycles. The lowest BCUT2D eigenvalue weighted by Gasteiger charge is -1.97. The molecule has 0 bridgehead atoms. The number of halogens is 1. The van der Waals surface area contributed by atoms with Crippen molar-refractivity contribution in [3.05, 3.63) is 28.8 Å². The Kier molecular flexibility index (Phi) is 4.87. The van der Waals surface area contributed by atoms with E-state index in [-0.39, 0.29) is 11.3 Å². The number of aromatic hydroxyl groups is 1. The summed E-state index contributed by atoms with van der Waals surface area (Å²) in [6, 6.07) is 3.86.